The molecule has 3 amide bonds. The normalized spacial score (nSPS) is 16.0. The summed E-state index contributed by atoms with van der Waals surface area (Å²) < 4.78 is 5.49. The first-order valence-electron chi connectivity index (χ1n) is 14.6. The van der Waals surface area contributed by atoms with Crippen molar-refractivity contribution in [1.82, 2.24) is 15.5 Å². The fourth-order valence-corrected chi connectivity index (χ4v) is 5.11. The highest BCUT2D eigenvalue weighted by Crippen LogP contribution is 2.28. The Hall–Kier alpha value is -2.57. The second kappa shape index (κ2) is 15.1. The number of nitrogens with one attached hydrogen (secondary N) is 2. The summed E-state index contributed by atoms with van der Waals surface area (Å²) in [4.78, 5) is 42.7. The van der Waals surface area contributed by atoms with E-state index in [1.54, 1.807) is 25.7 Å². The predicted octanol–water partition coefficient (Wildman–Crippen LogP) is 6.44. The van der Waals surface area contributed by atoms with Crippen molar-refractivity contribution >= 4 is 17.9 Å². The van der Waals surface area contributed by atoms with E-state index in [2.05, 4.69) is 17.6 Å². The zero-order valence-corrected chi connectivity index (χ0v) is 24.8. The SMILES string of the molecule is CCCCCN(C(=O)C(CC(C)C)NC(=O)OC(C)(C)C)C(C(=O)NC1CCCCC1)c1ccccc1C. The summed E-state index contributed by atoms with van der Waals surface area (Å²) in [6.07, 6.45) is 7.89. The number of unbranched alkanes of at least 4 members (excludes halogenated alkanes) is 2. The quantitative estimate of drug-likeness (QED) is 0.305. The van der Waals surface area contributed by atoms with Gasteiger partial charge >= 0.3 is 6.09 Å². The molecule has 2 unspecified atom stereocenters. The number of carbonyl (C=O) groups is 3. The minimum absolute atomic E-state index is 0.127. The monoisotopic (exact) mass is 529 g/mol. The molecule has 2 N–H and O–H groups in total. The first-order chi connectivity index (χ1) is 17.9. The van der Waals surface area contributed by atoms with E-state index in [1.165, 1.54) is 6.42 Å². The second-order valence-corrected chi connectivity index (χ2v) is 12.2. The third-order valence-corrected chi connectivity index (χ3v) is 6.98. The van der Waals surface area contributed by atoms with Crippen LogP contribution in [0.25, 0.3) is 0 Å². The summed E-state index contributed by atoms with van der Waals surface area (Å²) in [6, 6.07) is 6.36. The molecule has 1 fully saturated rings. The van der Waals surface area contributed by atoms with E-state index in [-0.39, 0.29) is 23.8 Å². The smallest absolute Gasteiger partial charge is 0.408 e. The molecule has 7 heteroatoms. The zero-order valence-electron chi connectivity index (χ0n) is 24.8. The van der Waals surface area contributed by atoms with Gasteiger partial charge in [-0.25, -0.2) is 4.79 Å². The number of amides is 3. The van der Waals surface area contributed by atoms with Crippen molar-refractivity contribution in [3.05, 3.63) is 35.4 Å². The highest BCUT2D eigenvalue weighted by molar-refractivity contribution is 5.92. The van der Waals surface area contributed by atoms with E-state index in [1.807, 2.05) is 45.0 Å². The third kappa shape index (κ3) is 10.3. The van der Waals surface area contributed by atoms with E-state index < -0.39 is 23.8 Å². The molecule has 2 atom stereocenters. The van der Waals surface area contributed by atoms with Crippen LogP contribution in [-0.2, 0) is 14.3 Å². The number of hydrogen-bond donors (Lipinski definition) is 2. The van der Waals surface area contributed by atoms with Crippen LogP contribution in [0.2, 0.25) is 0 Å². The fraction of sp³-hybridized carbons (Fsp3) is 0.710. The summed E-state index contributed by atoms with van der Waals surface area (Å²) in [5, 5.41) is 6.11. The number of aryl methyl sites for hydroxylation is 1. The van der Waals surface area contributed by atoms with Crippen molar-refractivity contribution in [3.8, 4) is 0 Å². The van der Waals surface area contributed by atoms with Crippen molar-refractivity contribution in [2.45, 2.75) is 130 Å². The molecule has 0 heterocycles. The van der Waals surface area contributed by atoms with Gasteiger partial charge in [-0.15, -0.1) is 0 Å². The minimum atomic E-state index is -0.791. The Labute approximate surface area is 230 Å². The average molecular weight is 530 g/mol. The average Bonchev–Trinajstić information content (AvgIpc) is 2.83. The van der Waals surface area contributed by atoms with Crippen LogP contribution in [-0.4, -0.2) is 47.0 Å². The maximum Gasteiger partial charge on any atom is 0.408 e. The van der Waals surface area contributed by atoms with Crippen molar-refractivity contribution in [2.75, 3.05) is 6.54 Å². The highest BCUT2D eigenvalue weighted by Gasteiger charge is 2.37. The number of ether oxygens (including phenoxy) is 1. The van der Waals surface area contributed by atoms with Crippen LogP contribution < -0.4 is 10.6 Å². The Morgan fingerprint density at radius 1 is 1.05 bits per heavy atom. The molecule has 2 rings (SSSR count). The van der Waals surface area contributed by atoms with Crippen LogP contribution in [0.4, 0.5) is 4.79 Å². The number of nitrogens with zero attached hydrogens (tertiary/aromatic N) is 1. The van der Waals surface area contributed by atoms with Crippen LogP contribution in [0.5, 0.6) is 0 Å². The summed E-state index contributed by atoms with van der Waals surface area (Å²) >= 11 is 0. The molecule has 1 aromatic carbocycles. The molecule has 0 spiro atoms. The van der Waals surface area contributed by atoms with Gasteiger partial charge in [0.15, 0.2) is 0 Å². The standard InChI is InChI=1S/C31H51N3O4/c1-8-9-15-20-34(29(36)26(21-22(2)3)33-30(37)38-31(5,6)7)27(25-19-14-13-16-23(25)4)28(35)32-24-17-11-10-12-18-24/h13-14,16,19,22,24,26-27H,8-12,15,17-18,20-21H2,1-7H3,(H,32,35)(H,33,37). The van der Waals surface area contributed by atoms with Crippen molar-refractivity contribution < 1.29 is 19.1 Å². The molecule has 0 saturated heterocycles. The lowest BCUT2D eigenvalue weighted by molar-refractivity contribution is -0.143. The first-order valence-corrected chi connectivity index (χ1v) is 14.6. The lowest BCUT2D eigenvalue weighted by Gasteiger charge is -2.36. The van der Waals surface area contributed by atoms with Crippen LogP contribution in [0.15, 0.2) is 24.3 Å². The fourth-order valence-electron chi connectivity index (χ4n) is 5.11. The number of rotatable bonds is 12. The minimum Gasteiger partial charge on any atom is -0.444 e. The highest BCUT2D eigenvalue weighted by atomic mass is 16.6. The van der Waals surface area contributed by atoms with Crippen LogP contribution in [0.3, 0.4) is 0 Å². The third-order valence-electron chi connectivity index (χ3n) is 6.98. The maximum atomic E-state index is 14.3. The molecule has 0 radical (unpaired) electrons. The molecular weight excluding hydrogens is 478 g/mol. The van der Waals surface area contributed by atoms with E-state index in [0.717, 1.165) is 56.1 Å². The van der Waals surface area contributed by atoms with Crippen molar-refractivity contribution in [2.24, 2.45) is 5.92 Å². The molecule has 1 aromatic rings. The van der Waals surface area contributed by atoms with Crippen molar-refractivity contribution in [1.29, 1.82) is 0 Å². The van der Waals surface area contributed by atoms with Gasteiger partial charge in [0.2, 0.25) is 11.8 Å². The van der Waals surface area contributed by atoms with Gasteiger partial charge in [0, 0.05) is 12.6 Å². The van der Waals surface area contributed by atoms with Gasteiger partial charge < -0.3 is 20.3 Å². The predicted molar refractivity (Wildman–Crippen MR) is 153 cm³/mol. The number of hydrogen-bond acceptors (Lipinski definition) is 4. The van der Waals surface area contributed by atoms with E-state index in [4.69, 9.17) is 4.74 Å². The largest absolute Gasteiger partial charge is 0.444 e. The van der Waals surface area contributed by atoms with Gasteiger partial charge in [-0.2, -0.15) is 0 Å². The number of carbonyl (C=O) groups excluding carboxylic acids is 3. The van der Waals surface area contributed by atoms with Crippen LogP contribution in [0, 0.1) is 12.8 Å². The van der Waals surface area contributed by atoms with Crippen LogP contribution in [0.1, 0.15) is 116 Å². The van der Waals surface area contributed by atoms with Gasteiger partial charge in [-0.1, -0.05) is 77.1 Å². The molecule has 1 aliphatic carbocycles. The topological polar surface area (TPSA) is 87.7 Å². The van der Waals surface area contributed by atoms with Gasteiger partial charge in [0.25, 0.3) is 0 Å². The molecule has 214 valence electrons. The summed E-state index contributed by atoms with van der Waals surface area (Å²) in [5.41, 5.74) is 1.11. The molecule has 1 aliphatic rings. The van der Waals surface area contributed by atoms with Gasteiger partial charge in [-0.3, -0.25) is 9.59 Å². The van der Waals surface area contributed by atoms with E-state index in [0.29, 0.717) is 13.0 Å². The molecule has 0 aliphatic heterocycles. The lowest BCUT2D eigenvalue weighted by atomic mass is 9.93. The molecule has 7 nitrogen and oxygen atoms in total. The van der Waals surface area contributed by atoms with Crippen molar-refractivity contribution in [3.63, 3.8) is 0 Å². The zero-order chi connectivity index (χ0) is 28.3. The number of alkyl carbamates (subject to hydrolysis) is 1. The molecule has 38 heavy (non-hydrogen) atoms. The first kappa shape index (κ1) is 31.6. The second-order valence-electron chi connectivity index (χ2n) is 12.2. The molecule has 1 saturated carbocycles. The molecule has 0 bridgehead atoms. The Morgan fingerprint density at radius 3 is 2.29 bits per heavy atom. The molecular formula is C31H51N3O4. The van der Waals surface area contributed by atoms with Gasteiger partial charge in [0.05, 0.1) is 0 Å². The summed E-state index contributed by atoms with van der Waals surface area (Å²) in [5.74, 6) is -0.228. The maximum absolute atomic E-state index is 14.3. The summed E-state index contributed by atoms with van der Waals surface area (Å²) in [7, 11) is 0. The van der Waals surface area contributed by atoms with Gasteiger partial charge in [-0.05, 0) is 70.4 Å². The molecule has 0 aromatic heterocycles. The Bertz CT molecular complexity index is 903. The van der Waals surface area contributed by atoms with Gasteiger partial charge in [0.1, 0.15) is 17.7 Å². The Balaban J connectivity index is 2.47. The Morgan fingerprint density at radius 2 is 1.71 bits per heavy atom. The van der Waals surface area contributed by atoms with E-state index >= 15 is 0 Å². The lowest BCUT2D eigenvalue weighted by Crippen LogP contribution is -2.54. The van der Waals surface area contributed by atoms with Crippen LogP contribution >= 0.6 is 0 Å². The van der Waals surface area contributed by atoms with E-state index in [9.17, 15) is 14.4 Å². The Kier molecular flexibility index (Phi) is 12.6. The number of benzene rings is 1. The summed E-state index contributed by atoms with van der Waals surface area (Å²) in [6.45, 7) is 14.0.